The Labute approximate surface area is 117 Å². The molecular formula is C15H28N4. The Hall–Kier alpha value is -0.840. The predicted molar refractivity (Wildman–Crippen MR) is 80.5 cm³/mol. The van der Waals surface area contributed by atoms with Gasteiger partial charge in [0.25, 0.3) is 0 Å². The number of rotatable bonds is 7. The van der Waals surface area contributed by atoms with E-state index in [9.17, 15) is 0 Å². The normalized spacial score (nSPS) is 17.8. The highest BCUT2D eigenvalue weighted by molar-refractivity contribution is 5.03. The molecule has 4 heteroatoms. The first-order valence-corrected chi connectivity index (χ1v) is 7.47. The van der Waals surface area contributed by atoms with Gasteiger partial charge in [-0.1, -0.05) is 0 Å². The molecule has 1 saturated heterocycles. The molecule has 1 aliphatic rings. The standard InChI is InChI=1S/C15H28N4/c1-15(2,19-12-10-17-11-13-19)6-9-16-8-5-14-4-3-7-18-14/h3-4,7,16-18H,5-6,8-13H2,1-2H3. The molecule has 2 rings (SSSR count). The van der Waals surface area contributed by atoms with Crippen LogP contribution in [0.4, 0.5) is 0 Å². The minimum absolute atomic E-state index is 0.307. The van der Waals surface area contributed by atoms with Crippen LogP contribution >= 0.6 is 0 Å². The first-order valence-electron chi connectivity index (χ1n) is 7.47. The molecule has 1 aromatic heterocycles. The topological polar surface area (TPSA) is 43.1 Å². The van der Waals surface area contributed by atoms with Crippen LogP contribution in [0.1, 0.15) is 26.0 Å². The Bertz CT molecular complexity index is 339. The van der Waals surface area contributed by atoms with E-state index in [0.29, 0.717) is 5.54 Å². The summed E-state index contributed by atoms with van der Waals surface area (Å²) in [5, 5.41) is 6.97. The fourth-order valence-corrected chi connectivity index (χ4v) is 2.69. The summed E-state index contributed by atoms with van der Waals surface area (Å²) in [5.74, 6) is 0. The number of nitrogens with one attached hydrogen (secondary N) is 3. The predicted octanol–water partition coefficient (Wildman–Crippen LogP) is 1.22. The second-order valence-electron chi connectivity index (χ2n) is 5.99. The molecule has 0 aliphatic carbocycles. The quantitative estimate of drug-likeness (QED) is 0.649. The van der Waals surface area contributed by atoms with Crippen LogP contribution in [0.15, 0.2) is 18.3 Å². The highest BCUT2D eigenvalue weighted by Gasteiger charge is 2.26. The Kier molecular flexibility index (Phi) is 5.43. The van der Waals surface area contributed by atoms with Gasteiger partial charge in [-0.05, 0) is 45.4 Å². The van der Waals surface area contributed by atoms with Crippen LogP contribution in [-0.4, -0.2) is 54.7 Å². The lowest BCUT2D eigenvalue weighted by molar-refractivity contribution is 0.0957. The maximum absolute atomic E-state index is 3.56. The Morgan fingerprint density at radius 2 is 2.05 bits per heavy atom. The Morgan fingerprint density at radius 1 is 1.26 bits per heavy atom. The molecule has 0 radical (unpaired) electrons. The number of piperazine rings is 1. The highest BCUT2D eigenvalue weighted by Crippen LogP contribution is 2.18. The van der Waals surface area contributed by atoms with Gasteiger partial charge < -0.3 is 15.6 Å². The molecular weight excluding hydrogens is 236 g/mol. The van der Waals surface area contributed by atoms with E-state index < -0.39 is 0 Å². The van der Waals surface area contributed by atoms with E-state index in [0.717, 1.165) is 32.6 Å². The molecule has 0 bridgehead atoms. The Morgan fingerprint density at radius 3 is 2.74 bits per heavy atom. The molecule has 4 nitrogen and oxygen atoms in total. The van der Waals surface area contributed by atoms with Crippen molar-refractivity contribution in [2.45, 2.75) is 32.2 Å². The maximum atomic E-state index is 3.56. The van der Waals surface area contributed by atoms with Crippen LogP contribution in [0.25, 0.3) is 0 Å². The van der Waals surface area contributed by atoms with Crippen molar-refractivity contribution in [3.05, 3.63) is 24.0 Å². The molecule has 0 saturated carbocycles. The van der Waals surface area contributed by atoms with Gasteiger partial charge in [0, 0.05) is 50.2 Å². The molecule has 0 spiro atoms. The molecule has 108 valence electrons. The number of aromatic nitrogens is 1. The van der Waals surface area contributed by atoms with Crippen molar-refractivity contribution >= 4 is 0 Å². The average Bonchev–Trinajstić information content (AvgIpc) is 2.92. The van der Waals surface area contributed by atoms with Crippen molar-refractivity contribution in [1.29, 1.82) is 0 Å². The fourth-order valence-electron chi connectivity index (χ4n) is 2.69. The van der Waals surface area contributed by atoms with E-state index in [2.05, 4.69) is 46.5 Å². The monoisotopic (exact) mass is 264 g/mol. The summed E-state index contributed by atoms with van der Waals surface area (Å²) in [5.41, 5.74) is 1.62. The third-order valence-corrected chi connectivity index (χ3v) is 4.12. The van der Waals surface area contributed by atoms with E-state index in [4.69, 9.17) is 0 Å². The minimum atomic E-state index is 0.307. The third kappa shape index (κ3) is 4.64. The van der Waals surface area contributed by atoms with Crippen molar-refractivity contribution in [3.8, 4) is 0 Å². The van der Waals surface area contributed by atoms with Gasteiger partial charge in [0.1, 0.15) is 0 Å². The van der Waals surface area contributed by atoms with Gasteiger partial charge in [-0.2, -0.15) is 0 Å². The zero-order chi connectivity index (χ0) is 13.6. The zero-order valence-corrected chi connectivity index (χ0v) is 12.3. The van der Waals surface area contributed by atoms with Gasteiger partial charge in [0.2, 0.25) is 0 Å². The van der Waals surface area contributed by atoms with E-state index in [-0.39, 0.29) is 0 Å². The Balaban J connectivity index is 1.61. The summed E-state index contributed by atoms with van der Waals surface area (Å²) in [6.45, 7) is 11.5. The molecule has 0 amide bonds. The summed E-state index contributed by atoms with van der Waals surface area (Å²) in [7, 11) is 0. The maximum Gasteiger partial charge on any atom is 0.0166 e. The molecule has 19 heavy (non-hydrogen) atoms. The van der Waals surface area contributed by atoms with Gasteiger partial charge in [-0.15, -0.1) is 0 Å². The molecule has 1 aromatic rings. The summed E-state index contributed by atoms with van der Waals surface area (Å²) in [4.78, 5) is 5.85. The van der Waals surface area contributed by atoms with Crippen LogP contribution in [0.2, 0.25) is 0 Å². The van der Waals surface area contributed by atoms with Crippen LogP contribution in [0.3, 0.4) is 0 Å². The van der Waals surface area contributed by atoms with E-state index >= 15 is 0 Å². The lowest BCUT2D eigenvalue weighted by Crippen LogP contribution is -2.54. The van der Waals surface area contributed by atoms with E-state index in [1.165, 1.54) is 25.2 Å². The molecule has 0 aromatic carbocycles. The first-order chi connectivity index (χ1) is 9.18. The number of H-pyrrole nitrogens is 1. The van der Waals surface area contributed by atoms with Crippen LogP contribution in [-0.2, 0) is 6.42 Å². The smallest absolute Gasteiger partial charge is 0.0166 e. The van der Waals surface area contributed by atoms with Gasteiger partial charge in [-0.3, -0.25) is 4.90 Å². The minimum Gasteiger partial charge on any atom is -0.365 e. The van der Waals surface area contributed by atoms with E-state index in [1.54, 1.807) is 0 Å². The van der Waals surface area contributed by atoms with Gasteiger partial charge in [0.15, 0.2) is 0 Å². The summed E-state index contributed by atoms with van der Waals surface area (Å²) < 4.78 is 0. The second kappa shape index (κ2) is 7.08. The molecule has 0 atom stereocenters. The van der Waals surface area contributed by atoms with Crippen molar-refractivity contribution in [2.75, 3.05) is 39.3 Å². The van der Waals surface area contributed by atoms with Crippen LogP contribution in [0.5, 0.6) is 0 Å². The molecule has 2 heterocycles. The fraction of sp³-hybridized carbons (Fsp3) is 0.733. The lowest BCUT2D eigenvalue weighted by atomic mass is 9.97. The van der Waals surface area contributed by atoms with E-state index in [1.807, 2.05) is 6.20 Å². The van der Waals surface area contributed by atoms with Gasteiger partial charge in [-0.25, -0.2) is 0 Å². The summed E-state index contributed by atoms with van der Waals surface area (Å²) in [6.07, 6.45) is 4.28. The number of hydrogen-bond donors (Lipinski definition) is 3. The first kappa shape index (κ1) is 14.6. The van der Waals surface area contributed by atoms with Crippen LogP contribution < -0.4 is 10.6 Å². The zero-order valence-electron chi connectivity index (χ0n) is 12.3. The van der Waals surface area contributed by atoms with Crippen molar-refractivity contribution in [3.63, 3.8) is 0 Å². The number of hydrogen-bond acceptors (Lipinski definition) is 3. The van der Waals surface area contributed by atoms with Crippen molar-refractivity contribution in [1.82, 2.24) is 20.5 Å². The molecule has 3 N–H and O–H groups in total. The second-order valence-corrected chi connectivity index (χ2v) is 5.99. The van der Waals surface area contributed by atoms with Crippen LogP contribution in [0, 0.1) is 0 Å². The van der Waals surface area contributed by atoms with Crippen molar-refractivity contribution in [2.24, 2.45) is 0 Å². The molecule has 1 aliphatic heterocycles. The lowest BCUT2D eigenvalue weighted by Gasteiger charge is -2.41. The molecule has 1 fully saturated rings. The largest absolute Gasteiger partial charge is 0.365 e. The number of nitrogens with zero attached hydrogens (tertiary/aromatic N) is 1. The summed E-state index contributed by atoms with van der Waals surface area (Å²) in [6, 6.07) is 4.20. The average molecular weight is 264 g/mol. The SMILES string of the molecule is CC(C)(CCNCCc1ccc[nH]1)N1CCNCC1. The van der Waals surface area contributed by atoms with Gasteiger partial charge >= 0.3 is 0 Å². The summed E-state index contributed by atoms with van der Waals surface area (Å²) >= 11 is 0. The van der Waals surface area contributed by atoms with Gasteiger partial charge in [0.05, 0.1) is 0 Å². The number of aromatic amines is 1. The van der Waals surface area contributed by atoms with Crippen molar-refractivity contribution < 1.29 is 0 Å². The molecule has 0 unspecified atom stereocenters. The third-order valence-electron chi connectivity index (χ3n) is 4.12. The highest BCUT2D eigenvalue weighted by atomic mass is 15.2.